The molecule has 0 aliphatic heterocycles. The summed E-state index contributed by atoms with van der Waals surface area (Å²) in [6, 6.07) is 7.26. The van der Waals surface area contributed by atoms with Crippen molar-refractivity contribution in [1.29, 1.82) is 0 Å². The Kier molecular flexibility index (Phi) is 4.20. The second kappa shape index (κ2) is 5.87. The summed E-state index contributed by atoms with van der Waals surface area (Å²) in [5, 5.41) is 9.87. The van der Waals surface area contributed by atoms with Crippen LogP contribution in [0.15, 0.2) is 35.4 Å². The number of hydrogen-bond acceptors (Lipinski definition) is 3. The number of carboxylic acids is 1. The van der Waals surface area contributed by atoms with E-state index in [1.165, 1.54) is 0 Å². The molecule has 94 valence electrons. The Balaban J connectivity index is 2.43. The van der Waals surface area contributed by atoms with E-state index >= 15 is 0 Å². The molecule has 4 heteroatoms. The van der Waals surface area contributed by atoms with Crippen molar-refractivity contribution in [3.63, 3.8) is 0 Å². The molecule has 0 saturated heterocycles. The molecule has 1 aromatic carbocycles. The first-order valence-electron chi connectivity index (χ1n) is 5.98. The Morgan fingerprint density at radius 1 is 1.39 bits per heavy atom. The number of para-hydroxylation sites is 1. The van der Waals surface area contributed by atoms with E-state index < -0.39 is 5.97 Å². The second-order valence-electron chi connectivity index (χ2n) is 4.02. The van der Waals surface area contributed by atoms with Gasteiger partial charge in [-0.1, -0.05) is 25.5 Å². The molecule has 0 amide bonds. The Morgan fingerprint density at radius 3 is 2.94 bits per heavy atom. The maximum absolute atomic E-state index is 11.2. The smallest absolute Gasteiger partial charge is 0.336 e. The predicted octanol–water partition coefficient (Wildman–Crippen LogP) is 3.83. The zero-order valence-corrected chi connectivity index (χ0v) is 11.0. The van der Waals surface area contributed by atoms with Gasteiger partial charge in [0.15, 0.2) is 0 Å². The Bertz CT molecular complexity index is 569. The minimum absolute atomic E-state index is 0.318. The number of carbonyl (C=O) groups is 1. The van der Waals surface area contributed by atoms with Crippen LogP contribution < -0.4 is 0 Å². The molecule has 18 heavy (non-hydrogen) atoms. The first kappa shape index (κ1) is 12.9. The highest BCUT2D eigenvalue weighted by atomic mass is 32.2. The second-order valence-corrected chi connectivity index (χ2v) is 5.15. The van der Waals surface area contributed by atoms with E-state index in [4.69, 9.17) is 5.11 Å². The molecule has 2 aromatic rings. The maximum atomic E-state index is 11.2. The third-order valence-corrected chi connectivity index (χ3v) is 3.85. The average Bonchev–Trinajstić information content (AvgIpc) is 2.38. The average molecular weight is 261 g/mol. The van der Waals surface area contributed by atoms with E-state index in [1.54, 1.807) is 24.0 Å². The fourth-order valence-electron chi connectivity index (χ4n) is 1.78. The van der Waals surface area contributed by atoms with Gasteiger partial charge in [-0.05, 0) is 24.3 Å². The van der Waals surface area contributed by atoms with Gasteiger partial charge in [0.1, 0.15) is 0 Å². The molecule has 1 aromatic heterocycles. The summed E-state index contributed by atoms with van der Waals surface area (Å²) < 4.78 is 0. The highest BCUT2D eigenvalue weighted by molar-refractivity contribution is 7.99. The summed E-state index contributed by atoms with van der Waals surface area (Å²) in [4.78, 5) is 16.5. The molecule has 0 spiro atoms. The number of carboxylic acid groups (broad SMARTS) is 1. The summed E-state index contributed by atoms with van der Waals surface area (Å²) in [7, 11) is 0. The normalized spacial score (nSPS) is 10.7. The van der Waals surface area contributed by atoms with Crippen LogP contribution in [0.5, 0.6) is 0 Å². The number of pyridine rings is 1. The van der Waals surface area contributed by atoms with Crippen LogP contribution in [0.4, 0.5) is 0 Å². The summed E-state index contributed by atoms with van der Waals surface area (Å²) in [6.07, 6.45) is 3.88. The standard InChI is InChI=1S/C14H15NO2S/c1-2-3-9-18-12-6-4-5-10-11(14(16)17)7-8-15-13(10)12/h4-8H,2-3,9H2,1H3,(H,16,17). The molecule has 0 unspecified atom stereocenters. The van der Waals surface area contributed by atoms with Crippen LogP contribution in [0.25, 0.3) is 10.9 Å². The van der Waals surface area contributed by atoms with Crippen LogP contribution in [0.1, 0.15) is 30.1 Å². The number of rotatable bonds is 5. The van der Waals surface area contributed by atoms with Gasteiger partial charge in [0.25, 0.3) is 0 Å². The summed E-state index contributed by atoms with van der Waals surface area (Å²) in [6.45, 7) is 2.16. The number of aromatic nitrogens is 1. The Morgan fingerprint density at radius 2 is 2.22 bits per heavy atom. The molecular weight excluding hydrogens is 246 g/mol. The van der Waals surface area contributed by atoms with Crippen molar-refractivity contribution in [3.8, 4) is 0 Å². The molecular formula is C14H15NO2S. The van der Waals surface area contributed by atoms with Gasteiger partial charge < -0.3 is 5.11 Å². The molecule has 0 atom stereocenters. The van der Waals surface area contributed by atoms with Crippen molar-refractivity contribution in [2.24, 2.45) is 0 Å². The van der Waals surface area contributed by atoms with Crippen LogP contribution in [-0.2, 0) is 0 Å². The van der Waals surface area contributed by atoms with Gasteiger partial charge in [-0.25, -0.2) is 4.79 Å². The van der Waals surface area contributed by atoms with Gasteiger partial charge in [0, 0.05) is 16.5 Å². The van der Waals surface area contributed by atoms with Crippen LogP contribution in [0.2, 0.25) is 0 Å². The Labute approximate surface area is 110 Å². The molecule has 0 aliphatic carbocycles. The van der Waals surface area contributed by atoms with E-state index in [-0.39, 0.29) is 0 Å². The molecule has 0 bridgehead atoms. The summed E-state index contributed by atoms with van der Waals surface area (Å²) >= 11 is 1.74. The van der Waals surface area contributed by atoms with E-state index in [1.807, 2.05) is 18.2 Å². The lowest BCUT2D eigenvalue weighted by molar-refractivity contribution is 0.0699. The summed E-state index contributed by atoms with van der Waals surface area (Å²) in [5.74, 6) is 0.132. The lowest BCUT2D eigenvalue weighted by Crippen LogP contribution is -1.98. The van der Waals surface area contributed by atoms with E-state index in [0.717, 1.165) is 29.0 Å². The van der Waals surface area contributed by atoms with Gasteiger partial charge in [-0.15, -0.1) is 11.8 Å². The van der Waals surface area contributed by atoms with Crippen LogP contribution >= 0.6 is 11.8 Å². The molecule has 0 radical (unpaired) electrons. The van der Waals surface area contributed by atoms with Crippen molar-refractivity contribution in [1.82, 2.24) is 4.98 Å². The lowest BCUT2D eigenvalue weighted by atomic mass is 10.1. The largest absolute Gasteiger partial charge is 0.478 e. The van der Waals surface area contributed by atoms with E-state index in [9.17, 15) is 4.79 Å². The number of benzene rings is 1. The number of aromatic carboxylic acids is 1. The molecule has 2 rings (SSSR count). The zero-order valence-electron chi connectivity index (χ0n) is 10.2. The van der Waals surface area contributed by atoms with Gasteiger partial charge in [-0.3, -0.25) is 4.98 Å². The molecule has 0 saturated carbocycles. The maximum Gasteiger partial charge on any atom is 0.336 e. The van der Waals surface area contributed by atoms with Crippen LogP contribution in [0, 0.1) is 0 Å². The SMILES string of the molecule is CCCCSc1cccc2c(C(=O)O)ccnc12. The van der Waals surface area contributed by atoms with Crippen molar-refractivity contribution < 1.29 is 9.90 Å². The van der Waals surface area contributed by atoms with Crippen molar-refractivity contribution >= 4 is 28.6 Å². The fourth-order valence-corrected chi connectivity index (χ4v) is 2.91. The van der Waals surface area contributed by atoms with Crippen molar-refractivity contribution in [2.75, 3.05) is 5.75 Å². The lowest BCUT2D eigenvalue weighted by Gasteiger charge is -2.06. The first-order chi connectivity index (χ1) is 8.74. The van der Waals surface area contributed by atoms with Crippen molar-refractivity contribution in [2.45, 2.75) is 24.7 Å². The fraction of sp³-hybridized carbons (Fsp3) is 0.286. The quantitative estimate of drug-likeness (QED) is 0.656. The van der Waals surface area contributed by atoms with Gasteiger partial charge >= 0.3 is 5.97 Å². The predicted molar refractivity (Wildman–Crippen MR) is 74.3 cm³/mol. The van der Waals surface area contributed by atoms with E-state index in [0.29, 0.717) is 10.9 Å². The van der Waals surface area contributed by atoms with Crippen LogP contribution in [0.3, 0.4) is 0 Å². The third-order valence-electron chi connectivity index (χ3n) is 2.72. The highest BCUT2D eigenvalue weighted by Gasteiger charge is 2.11. The highest BCUT2D eigenvalue weighted by Crippen LogP contribution is 2.28. The number of hydrogen-bond donors (Lipinski definition) is 1. The molecule has 1 heterocycles. The number of fused-ring (bicyclic) bond motifs is 1. The Hall–Kier alpha value is -1.55. The third kappa shape index (κ3) is 2.64. The molecule has 1 N–H and O–H groups in total. The number of thioether (sulfide) groups is 1. The minimum Gasteiger partial charge on any atom is -0.478 e. The van der Waals surface area contributed by atoms with Gasteiger partial charge in [0.05, 0.1) is 11.1 Å². The monoisotopic (exact) mass is 261 g/mol. The van der Waals surface area contributed by atoms with E-state index in [2.05, 4.69) is 11.9 Å². The van der Waals surface area contributed by atoms with Crippen LogP contribution in [-0.4, -0.2) is 21.8 Å². The molecule has 0 fully saturated rings. The van der Waals surface area contributed by atoms with Gasteiger partial charge in [0.2, 0.25) is 0 Å². The molecule has 3 nitrogen and oxygen atoms in total. The zero-order chi connectivity index (χ0) is 13.0. The van der Waals surface area contributed by atoms with Gasteiger partial charge in [-0.2, -0.15) is 0 Å². The first-order valence-corrected chi connectivity index (χ1v) is 6.96. The topological polar surface area (TPSA) is 50.2 Å². The minimum atomic E-state index is -0.905. The van der Waals surface area contributed by atoms with Crippen molar-refractivity contribution in [3.05, 3.63) is 36.0 Å². The number of nitrogens with zero attached hydrogens (tertiary/aromatic N) is 1. The molecule has 0 aliphatic rings. The number of unbranched alkanes of at least 4 members (excludes halogenated alkanes) is 1. The summed E-state index contributed by atoms with van der Waals surface area (Å²) in [5.41, 5.74) is 1.11.